The van der Waals surface area contributed by atoms with Gasteiger partial charge in [0.15, 0.2) is 0 Å². The summed E-state index contributed by atoms with van der Waals surface area (Å²) in [5, 5.41) is 0. The van der Waals surface area contributed by atoms with Gasteiger partial charge >= 0.3 is 17.9 Å². The smallest absolute Gasteiger partial charge is 0.338 e. The molecule has 1 aliphatic carbocycles. The third kappa shape index (κ3) is 7.29. The minimum atomic E-state index is -0.624. The number of nitrogens with zero attached hydrogens (tertiary/aromatic N) is 1. The van der Waals surface area contributed by atoms with E-state index in [9.17, 15) is 14.4 Å². The van der Waals surface area contributed by atoms with E-state index in [2.05, 4.69) is 4.90 Å². The van der Waals surface area contributed by atoms with E-state index in [1.54, 1.807) is 6.07 Å². The number of rotatable bonds is 8. The van der Waals surface area contributed by atoms with Gasteiger partial charge < -0.3 is 28.6 Å². The standard InChI is InChI=1S/C30H37NO8/c1-30(2,3)39-27(32)19-6-8-20(9-7-19)31-14-12-21(13-15-31)37-23-16-24(17-23)38-22-10-11-25(28(33)35-4)26(18-22)29(34)36-5/h6-11,18,21,23-24H,12-17H2,1-5H3. The third-order valence-electron chi connectivity index (χ3n) is 6.85. The maximum atomic E-state index is 12.3. The SMILES string of the molecule is COC(=O)c1ccc(OC2CC(OC3CCN(c4ccc(C(=O)OC(C)(C)C)cc4)CC3)C2)cc1C(=O)OC. The number of hydrogen-bond acceptors (Lipinski definition) is 9. The van der Waals surface area contributed by atoms with Gasteiger partial charge in [0.2, 0.25) is 0 Å². The lowest BCUT2D eigenvalue weighted by Crippen LogP contribution is -2.44. The van der Waals surface area contributed by atoms with Gasteiger partial charge in [-0.2, -0.15) is 0 Å². The van der Waals surface area contributed by atoms with Crippen molar-refractivity contribution in [3.05, 3.63) is 59.2 Å². The zero-order valence-electron chi connectivity index (χ0n) is 23.2. The molecule has 0 amide bonds. The van der Waals surface area contributed by atoms with E-state index in [1.165, 1.54) is 26.4 Å². The predicted octanol–water partition coefficient (Wildman–Crippen LogP) is 4.81. The maximum absolute atomic E-state index is 12.3. The summed E-state index contributed by atoms with van der Waals surface area (Å²) < 4.78 is 27.3. The highest BCUT2D eigenvalue weighted by Crippen LogP contribution is 2.32. The fraction of sp³-hybridized carbons (Fsp3) is 0.500. The van der Waals surface area contributed by atoms with Gasteiger partial charge in [0, 0.05) is 31.6 Å². The fourth-order valence-corrected chi connectivity index (χ4v) is 4.75. The van der Waals surface area contributed by atoms with Crippen molar-refractivity contribution in [1.29, 1.82) is 0 Å². The average molecular weight is 540 g/mol. The summed E-state index contributed by atoms with van der Waals surface area (Å²) in [6.07, 6.45) is 3.68. The number of hydrogen-bond donors (Lipinski definition) is 0. The van der Waals surface area contributed by atoms with Gasteiger partial charge in [0.25, 0.3) is 0 Å². The molecule has 0 atom stereocenters. The summed E-state index contributed by atoms with van der Waals surface area (Å²) in [4.78, 5) is 38.7. The summed E-state index contributed by atoms with van der Waals surface area (Å²) in [6, 6.07) is 12.3. The van der Waals surface area contributed by atoms with Gasteiger partial charge in [-0.1, -0.05) is 0 Å². The first-order valence-electron chi connectivity index (χ1n) is 13.3. The molecular formula is C30H37NO8. The van der Waals surface area contributed by atoms with Crippen LogP contribution in [0, 0.1) is 0 Å². The molecule has 2 aliphatic rings. The first kappa shape index (κ1) is 28.4. The van der Waals surface area contributed by atoms with Crippen molar-refractivity contribution in [2.75, 3.05) is 32.2 Å². The number of methoxy groups -OCH3 is 2. The Morgan fingerprint density at radius 2 is 1.38 bits per heavy atom. The Kier molecular flexibility index (Phi) is 8.80. The lowest BCUT2D eigenvalue weighted by molar-refractivity contribution is -0.101. The molecule has 1 saturated carbocycles. The third-order valence-corrected chi connectivity index (χ3v) is 6.85. The molecule has 2 aromatic rings. The molecular weight excluding hydrogens is 502 g/mol. The lowest BCUT2D eigenvalue weighted by Gasteiger charge is -2.40. The highest BCUT2D eigenvalue weighted by Gasteiger charge is 2.35. The van der Waals surface area contributed by atoms with E-state index in [4.69, 9.17) is 23.7 Å². The Morgan fingerprint density at radius 3 is 1.97 bits per heavy atom. The number of piperidine rings is 1. The largest absolute Gasteiger partial charge is 0.490 e. The van der Waals surface area contributed by atoms with Crippen LogP contribution in [-0.4, -0.2) is 69.1 Å². The van der Waals surface area contributed by atoms with E-state index in [0.717, 1.165) is 44.5 Å². The molecule has 39 heavy (non-hydrogen) atoms. The van der Waals surface area contributed by atoms with Crippen LogP contribution < -0.4 is 9.64 Å². The monoisotopic (exact) mass is 539 g/mol. The molecule has 0 radical (unpaired) electrons. The molecule has 1 aliphatic heterocycles. The van der Waals surface area contributed by atoms with Crippen molar-refractivity contribution in [2.45, 2.75) is 70.4 Å². The van der Waals surface area contributed by atoms with Crippen molar-refractivity contribution < 1.29 is 38.1 Å². The van der Waals surface area contributed by atoms with Crippen LogP contribution >= 0.6 is 0 Å². The van der Waals surface area contributed by atoms with Crippen LogP contribution in [0.2, 0.25) is 0 Å². The Balaban J connectivity index is 1.22. The minimum absolute atomic E-state index is 0.0203. The van der Waals surface area contributed by atoms with Gasteiger partial charge in [-0.05, 0) is 76.1 Å². The summed E-state index contributed by atoms with van der Waals surface area (Å²) in [5.41, 5.74) is 1.37. The molecule has 4 rings (SSSR count). The average Bonchev–Trinajstić information content (AvgIpc) is 2.90. The van der Waals surface area contributed by atoms with E-state index in [-0.39, 0.29) is 35.4 Å². The summed E-state index contributed by atoms with van der Waals surface area (Å²) in [7, 11) is 2.52. The van der Waals surface area contributed by atoms with Gasteiger partial charge in [0.1, 0.15) is 17.5 Å². The second kappa shape index (κ2) is 12.1. The van der Waals surface area contributed by atoms with Crippen LogP contribution in [0.4, 0.5) is 5.69 Å². The summed E-state index contributed by atoms with van der Waals surface area (Å²) in [5.74, 6) is -1.05. The van der Waals surface area contributed by atoms with Gasteiger partial charge in [-0.15, -0.1) is 0 Å². The van der Waals surface area contributed by atoms with Crippen LogP contribution in [0.3, 0.4) is 0 Å². The normalized spacial score (nSPS) is 19.6. The number of anilines is 1. The zero-order valence-corrected chi connectivity index (χ0v) is 23.2. The Bertz CT molecular complexity index is 1170. The number of carbonyl (C=O) groups excluding carboxylic acids is 3. The second-order valence-corrected chi connectivity index (χ2v) is 10.9. The maximum Gasteiger partial charge on any atom is 0.338 e. The number of carbonyl (C=O) groups is 3. The highest BCUT2D eigenvalue weighted by molar-refractivity contribution is 6.03. The second-order valence-electron chi connectivity index (χ2n) is 10.9. The minimum Gasteiger partial charge on any atom is -0.490 e. The topological polar surface area (TPSA) is 101 Å². The van der Waals surface area contributed by atoms with Crippen molar-refractivity contribution in [3.8, 4) is 5.75 Å². The molecule has 210 valence electrons. The van der Waals surface area contributed by atoms with E-state index in [1.807, 2.05) is 45.0 Å². The first-order chi connectivity index (χ1) is 18.6. The first-order valence-corrected chi connectivity index (χ1v) is 13.3. The van der Waals surface area contributed by atoms with E-state index < -0.39 is 17.5 Å². The Morgan fingerprint density at radius 1 is 0.769 bits per heavy atom. The van der Waals surface area contributed by atoms with Crippen LogP contribution in [0.1, 0.15) is 77.5 Å². The summed E-state index contributed by atoms with van der Waals surface area (Å²) >= 11 is 0. The molecule has 0 spiro atoms. The van der Waals surface area contributed by atoms with Crippen LogP contribution in [0.15, 0.2) is 42.5 Å². The van der Waals surface area contributed by atoms with Gasteiger partial charge in [-0.25, -0.2) is 14.4 Å². The van der Waals surface area contributed by atoms with Crippen molar-refractivity contribution >= 4 is 23.6 Å². The van der Waals surface area contributed by atoms with E-state index in [0.29, 0.717) is 11.3 Å². The van der Waals surface area contributed by atoms with Gasteiger partial charge in [0.05, 0.1) is 43.1 Å². The van der Waals surface area contributed by atoms with E-state index >= 15 is 0 Å². The fourth-order valence-electron chi connectivity index (χ4n) is 4.75. The quantitative estimate of drug-likeness (QED) is 0.345. The van der Waals surface area contributed by atoms with Crippen molar-refractivity contribution in [1.82, 2.24) is 0 Å². The molecule has 2 fully saturated rings. The number of ether oxygens (including phenoxy) is 5. The van der Waals surface area contributed by atoms with Gasteiger partial charge in [-0.3, -0.25) is 0 Å². The number of esters is 3. The van der Waals surface area contributed by atoms with Crippen LogP contribution in [-0.2, 0) is 18.9 Å². The lowest BCUT2D eigenvalue weighted by atomic mass is 9.91. The molecule has 1 saturated heterocycles. The van der Waals surface area contributed by atoms with Crippen LogP contribution in [0.5, 0.6) is 5.75 Å². The van der Waals surface area contributed by atoms with Crippen LogP contribution in [0.25, 0.3) is 0 Å². The molecule has 0 bridgehead atoms. The molecule has 2 aromatic carbocycles. The Hall–Kier alpha value is -3.59. The molecule has 9 nitrogen and oxygen atoms in total. The van der Waals surface area contributed by atoms with Crippen molar-refractivity contribution in [3.63, 3.8) is 0 Å². The molecule has 9 heteroatoms. The highest BCUT2D eigenvalue weighted by atomic mass is 16.6. The number of benzene rings is 2. The Labute approximate surface area is 229 Å². The molecule has 0 aromatic heterocycles. The molecule has 0 N–H and O–H groups in total. The zero-order chi connectivity index (χ0) is 28.2. The molecule has 0 unspecified atom stereocenters. The summed E-state index contributed by atoms with van der Waals surface area (Å²) in [6.45, 7) is 7.34. The van der Waals surface area contributed by atoms with Crippen molar-refractivity contribution in [2.24, 2.45) is 0 Å². The predicted molar refractivity (Wildman–Crippen MR) is 144 cm³/mol. The molecule has 1 heterocycles.